The standard InChI is InChI=1S/C19H19ClN2O4/c1-12-4-3-5-13(8-12)18(23)21-10-15-11-22(19(24)26-15)14-6-7-17(25-2)16(20)9-14/h3-9,15H,10-11H2,1-2H3,(H,21,23). The number of methoxy groups -OCH3 is 1. The summed E-state index contributed by atoms with van der Waals surface area (Å²) in [6, 6.07) is 12.4. The van der Waals surface area contributed by atoms with Gasteiger partial charge in [-0.1, -0.05) is 29.3 Å². The van der Waals surface area contributed by atoms with Crippen molar-refractivity contribution >= 4 is 29.3 Å². The van der Waals surface area contributed by atoms with Gasteiger partial charge in [-0.05, 0) is 37.3 Å². The Bertz CT molecular complexity index is 840. The summed E-state index contributed by atoms with van der Waals surface area (Å²) in [6.07, 6.45) is -0.904. The Morgan fingerprint density at radius 3 is 2.85 bits per heavy atom. The molecule has 2 aromatic rings. The first-order valence-corrected chi connectivity index (χ1v) is 8.52. The van der Waals surface area contributed by atoms with Gasteiger partial charge in [-0.3, -0.25) is 9.69 Å². The van der Waals surface area contributed by atoms with Crippen LogP contribution in [0.1, 0.15) is 15.9 Å². The molecule has 1 aliphatic heterocycles. The number of nitrogens with zero attached hydrogens (tertiary/aromatic N) is 1. The van der Waals surface area contributed by atoms with Crippen LogP contribution >= 0.6 is 11.6 Å². The maximum absolute atomic E-state index is 12.2. The van der Waals surface area contributed by atoms with E-state index in [-0.39, 0.29) is 12.5 Å². The van der Waals surface area contributed by atoms with Crippen LogP contribution in [-0.2, 0) is 4.74 Å². The molecule has 1 fully saturated rings. The number of aryl methyl sites for hydroxylation is 1. The Balaban J connectivity index is 1.61. The number of hydrogen-bond donors (Lipinski definition) is 1. The number of anilines is 1. The molecule has 1 N–H and O–H groups in total. The van der Waals surface area contributed by atoms with Gasteiger partial charge in [0.1, 0.15) is 11.9 Å². The molecule has 2 amide bonds. The predicted molar refractivity (Wildman–Crippen MR) is 99.1 cm³/mol. The van der Waals surface area contributed by atoms with Gasteiger partial charge in [-0.2, -0.15) is 0 Å². The lowest BCUT2D eigenvalue weighted by Crippen LogP contribution is -2.34. The summed E-state index contributed by atoms with van der Waals surface area (Å²) in [6.45, 7) is 2.49. The lowest BCUT2D eigenvalue weighted by Gasteiger charge is -2.14. The Kier molecular flexibility index (Phi) is 5.32. The van der Waals surface area contributed by atoms with Gasteiger partial charge in [0.25, 0.3) is 5.91 Å². The monoisotopic (exact) mass is 374 g/mol. The van der Waals surface area contributed by atoms with Crippen molar-refractivity contribution in [3.63, 3.8) is 0 Å². The van der Waals surface area contributed by atoms with E-state index in [1.165, 1.54) is 12.0 Å². The number of halogens is 1. The first-order valence-electron chi connectivity index (χ1n) is 8.14. The molecule has 26 heavy (non-hydrogen) atoms. The van der Waals surface area contributed by atoms with Crippen LogP contribution in [0.2, 0.25) is 5.02 Å². The van der Waals surface area contributed by atoms with E-state index in [1.807, 2.05) is 25.1 Å². The molecule has 3 rings (SSSR count). The third kappa shape index (κ3) is 3.91. The van der Waals surface area contributed by atoms with Crippen LogP contribution in [0.3, 0.4) is 0 Å². The lowest BCUT2D eigenvalue weighted by atomic mass is 10.1. The van der Waals surface area contributed by atoms with Crippen LogP contribution in [-0.4, -0.2) is 38.3 Å². The minimum Gasteiger partial charge on any atom is -0.495 e. The van der Waals surface area contributed by atoms with Crippen LogP contribution < -0.4 is 15.0 Å². The second kappa shape index (κ2) is 7.66. The molecule has 1 atom stereocenters. The van der Waals surface area contributed by atoms with Crippen molar-refractivity contribution < 1.29 is 19.1 Å². The number of rotatable bonds is 5. The number of ether oxygens (including phenoxy) is 2. The lowest BCUT2D eigenvalue weighted by molar-refractivity contribution is 0.0916. The largest absolute Gasteiger partial charge is 0.495 e. The fourth-order valence-corrected chi connectivity index (χ4v) is 3.01. The normalized spacial score (nSPS) is 16.3. The SMILES string of the molecule is COc1ccc(N2CC(CNC(=O)c3cccc(C)c3)OC2=O)cc1Cl. The average molecular weight is 375 g/mol. The van der Waals surface area contributed by atoms with Gasteiger partial charge in [0.15, 0.2) is 0 Å². The van der Waals surface area contributed by atoms with Crippen molar-refractivity contribution in [2.24, 2.45) is 0 Å². The van der Waals surface area contributed by atoms with Gasteiger partial charge >= 0.3 is 6.09 Å². The summed E-state index contributed by atoms with van der Waals surface area (Å²) >= 11 is 6.11. The zero-order valence-electron chi connectivity index (χ0n) is 14.5. The molecule has 0 saturated carbocycles. The summed E-state index contributed by atoms with van der Waals surface area (Å²) in [5.41, 5.74) is 2.20. The van der Waals surface area contributed by atoms with E-state index < -0.39 is 12.2 Å². The quantitative estimate of drug-likeness (QED) is 0.870. The highest BCUT2D eigenvalue weighted by molar-refractivity contribution is 6.32. The molecule has 2 aromatic carbocycles. The van der Waals surface area contributed by atoms with Gasteiger partial charge in [-0.15, -0.1) is 0 Å². The highest BCUT2D eigenvalue weighted by Crippen LogP contribution is 2.31. The molecule has 0 radical (unpaired) electrons. The molecule has 6 nitrogen and oxygen atoms in total. The Labute approximate surface area is 156 Å². The smallest absolute Gasteiger partial charge is 0.414 e. The minimum absolute atomic E-state index is 0.198. The second-order valence-electron chi connectivity index (χ2n) is 6.01. The second-order valence-corrected chi connectivity index (χ2v) is 6.42. The van der Waals surface area contributed by atoms with Crippen molar-refractivity contribution in [3.8, 4) is 5.75 Å². The number of carbonyl (C=O) groups is 2. The summed E-state index contributed by atoms with van der Waals surface area (Å²) < 4.78 is 10.4. The molecule has 0 aliphatic carbocycles. The molecule has 1 saturated heterocycles. The van der Waals surface area contributed by atoms with E-state index in [0.717, 1.165) is 5.56 Å². The third-order valence-corrected chi connectivity index (χ3v) is 4.39. The fraction of sp³-hybridized carbons (Fsp3) is 0.263. The van der Waals surface area contributed by atoms with E-state index in [9.17, 15) is 9.59 Å². The van der Waals surface area contributed by atoms with E-state index in [2.05, 4.69) is 5.32 Å². The molecule has 0 aromatic heterocycles. The molecule has 1 heterocycles. The van der Waals surface area contributed by atoms with Gasteiger partial charge in [-0.25, -0.2) is 4.79 Å². The van der Waals surface area contributed by atoms with Crippen LogP contribution in [0.25, 0.3) is 0 Å². The molecule has 7 heteroatoms. The number of carbonyl (C=O) groups excluding carboxylic acids is 2. The molecule has 136 valence electrons. The van der Waals surface area contributed by atoms with Crippen molar-refractivity contribution in [2.75, 3.05) is 25.1 Å². The van der Waals surface area contributed by atoms with Crippen LogP contribution in [0.15, 0.2) is 42.5 Å². The van der Waals surface area contributed by atoms with E-state index in [4.69, 9.17) is 21.1 Å². The first kappa shape index (κ1) is 18.1. The number of nitrogens with one attached hydrogen (secondary N) is 1. The summed E-state index contributed by atoms with van der Waals surface area (Å²) in [5.74, 6) is 0.334. The number of cyclic esters (lactones) is 1. The number of benzene rings is 2. The van der Waals surface area contributed by atoms with Gasteiger partial charge in [0.2, 0.25) is 0 Å². The predicted octanol–water partition coefficient (Wildman–Crippen LogP) is 3.41. The Hall–Kier alpha value is -2.73. The Morgan fingerprint density at radius 1 is 1.35 bits per heavy atom. The molecule has 1 unspecified atom stereocenters. The van der Waals surface area contributed by atoms with Crippen LogP contribution in [0.5, 0.6) is 5.75 Å². The van der Waals surface area contributed by atoms with Gasteiger partial charge in [0, 0.05) is 11.3 Å². The Morgan fingerprint density at radius 2 is 2.15 bits per heavy atom. The van der Waals surface area contributed by atoms with Crippen molar-refractivity contribution in [1.82, 2.24) is 5.32 Å². The van der Waals surface area contributed by atoms with Crippen molar-refractivity contribution in [2.45, 2.75) is 13.0 Å². The summed E-state index contributed by atoms with van der Waals surface area (Å²) in [7, 11) is 1.53. The number of amides is 2. The molecule has 1 aliphatic rings. The zero-order chi connectivity index (χ0) is 18.7. The first-order chi connectivity index (χ1) is 12.5. The average Bonchev–Trinajstić information content (AvgIpc) is 3.00. The van der Waals surface area contributed by atoms with E-state index >= 15 is 0 Å². The molecular formula is C19H19ClN2O4. The third-order valence-electron chi connectivity index (χ3n) is 4.09. The minimum atomic E-state index is -0.471. The fourth-order valence-electron chi connectivity index (χ4n) is 2.76. The van der Waals surface area contributed by atoms with Crippen LogP contribution in [0.4, 0.5) is 10.5 Å². The summed E-state index contributed by atoms with van der Waals surface area (Å²) in [4.78, 5) is 25.8. The maximum Gasteiger partial charge on any atom is 0.414 e. The summed E-state index contributed by atoms with van der Waals surface area (Å²) in [5, 5.41) is 3.21. The topological polar surface area (TPSA) is 67.9 Å². The van der Waals surface area contributed by atoms with Crippen molar-refractivity contribution in [3.05, 3.63) is 58.6 Å². The van der Waals surface area contributed by atoms with Gasteiger partial charge < -0.3 is 14.8 Å². The highest BCUT2D eigenvalue weighted by Gasteiger charge is 2.32. The molecule has 0 spiro atoms. The van der Waals surface area contributed by atoms with E-state index in [0.29, 0.717) is 28.6 Å². The number of hydrogen-bond acceptors (Lipinski definition) is 4. The zero-order valence-corrected chi connectivity index (χ0v) is 15.2. The van der Waals surface area contributed by atoms with Crippen LogP contribution in [0, 0.1) is 6.92 Å². The molecular weight excluding hydrogens is 356 g/mol. The molecule has 0 bridgehead atoms. The highest BCUT2D eigenvalue weighted by atomic mass is 35.5. The maximum atomic E-state index is 12.2. The van der Waals surface area contributed by atoms with Gasteiger partial charge in [0.05, 0.1) is 25.2 Å². The van der Waals surface area contributed by atoms with Crippen molar-refractivity contribution in [1.29, 1.82) is 0 Å². The van der Waals surface area contributed by atoms with E-state index in [1.54, 1.807) is 24.3 Å².